The fourth-order valence-electron chi connectivity index (χ4n) is 3.97. The monoisotopic (exact) mass is 363 g/mol. The van der Waals surface area contributed by atoms with E-state index in [9.17, 15) is 14.4 Å². The minimum Gasteiger partial charge on any atom is -0.325 e. The van der Waals surface area contributed by atoms with E-state index >= 15 is 0 Å². The SMILES string of the molecule is CN1C(=O)c2ccc(NC(=O)CN(C)[C@H]3CCc4ccccc43)cc2C1=O. The summed E-state index contributed by atoms with van der Waals surface area (Å²) < 4.78 is 0. The number of fused-ring (bicyclic) bond motifs is 2. The number of aryl methyl sites for hydroxylation is 1. The first-order valence-corrected chi connectivity index (χ1v) is 9.00. The van der Waals surface area contributed by atoms with Crippen LogP contribution in [0, 0.1) is 0 Å². The lowest BCUT2D eigenvalue weighted by Gasteiger charge is -2.24. The maximum Gasteiger partial charge on any atom is 0.261 e. The van der Waals surface area contributed by atoms with Crippen LogP contribution < -0.4 is 5.32 Å². The van der Waals surface area contributed by atoms with E-state index < -0.39 is 0 Å². The summed E-state index contributed by atoms with van der Waals surface area (Å²) in [5.74, 6) is -0.801. The lowest BCUT2D eigenvalue weighted by atomic mass is 10.1. The average molecular weight is 363 g/mol. The smallest absolute Gasteiger partial charge is 0.261 e. The van der Waals surface area contributed by atoms with Crippen LogP contribution in [-0.2, 0) is 11.2 Å². The summed E-state index contributed by atoms with van der Waals surface area (Å²) in [4.78, 5) is 39.7. The molecule has 4 rings (SSSR count). The lowest BCUT2D eigenvalue weighted by molar-refractivity contribution is -0.117. The van der Waals surface area contributed by atoms with Gasteiger partial charge in [-0.2, -0.15) is 0 Å². The first-order valence-electron chi connectivity index (χ1n) is 9.00. The van der Waals surface area contributed by atoms with Crippen LogP contribution in [0.15, 0.2) is 42.5 Å². The molecule has 1 atom stereocenters. The number of nitrogens with one attached hydrogen (secondary N) is 1. The van der Waals surface area contributed by atoms with Gasteiger partial charge in [-0.15, -0.1) is 0 Å². The molecule has 0 spiro atoms. The second-order valence-electron chi connectivity index (χ2n) is 7.15. The van der Waals surface area contributed by atoms with E-state index in [0.29, 0.717) is 16.8 Å². The van der Waals surface area contributed by atoms with Crippen LogP contribution in [-0.4, -0.2) is 48.2 Å². The van der Waals surface area contributed by atoms with Gasteiger partial charge in [0.05, 0.1) is 17.7 Å². The van der Waals surface area contributed by atoms with Crippen molar-refractivity contribution in [2.45, 2.75) is 18.9 Å². The number of likely N-dealkylation sites (N-methyl/N-ethyl adjacent to an activating group) is 1. The molecule has 0 aromatic heterocycles. The van der Waals surface area contributed by atoms with Gasteiger partial charge in [0.25, 0.3) is 11.8 Å². The zero-order valence-corrected chi connectivity index (χ0v) is 15.4. The zero-order valence-electron chi connectivity index (χ0n) is 15.4. The highest BCUT2D eigenvalue weighted by atomic mass is 16.2. The third kappa shape index (κ3) is 3.02. The van der Waals surface area contributed by atoms with Gasteiger partial charge in [0.2, 0.25) is 5.91 Å². The third-order valence-electron chi connectivity index (χ3n) is 5.40. The number of anilines is 1. The Balaban J connectivity index is 1.44. The predicted molar refractivity (Wildman–Crippen MR) is 102 cm³/mol. The molecular weight excluding hydrogens is 342 g/mol. The highest BCUT2D eigenvalue weighted by Gasteiger charge is 2.33. The summed E-state index contributed by atoms with van der Waals surface area (Å²) in [6.07, 6.45) is 2.03. The molecule has 6 heteroatoms. The fourth-order valence-corrected chi connectivity index (χ4v) is 3.97. The first kappa shape index (κ1) is 17.4. The van der Waals surface area contributed by atoms with Crippen LogP contribution >= 0.6 is 0 Å². The number of rotatable bonds is 4. The summed E-state index contributed by atoms with van der Waals surface area (Å²) in [7, 11) is 3.41. The normalized spacial score (nSPS) is 18.0. The van der Waals surface area contributed by atoms with Crippen LogP contribution in [0.3, 0.4) is 0 Å². The molecular formula is C21H21N3O3. The third-order valence-corrected chi connectivity index (χ3v) is 5.40. The van der Waals surface area contributed by atoms with Crippen LogP contribution in [0.25, 0.3) is 0 Å². The van der Waals surface area contributed by atoms with Crippen molar-refractivity contribution in [1.82, 2.24) is 9.80 Å². The maximum atomic E-state index is 12.5. The highest BCUT2D eigenvalue weighted by Crippen LogP contribution is 2.34. The molecule has 0 saturated heterocycles. The van der Waals surface area contributed by atoms with Crippen molar-refractivity contribution in [3.05, 3.63) is 64.7 Å². The van der Waals surface area contributed by atoms with Crippen molar-refractivity contribution < 1.29 is 14.4 Å². The fraction of sp³-hybridized carbons (Fsp3) is 0.286. The quantitative estimate of drug-likeness (QED) is 0.848. The van der Waals surface area contributed by atoms with Crippen molar-refractivity contribution in [2.24, 2.45) is 0 Å². The van der Waals surface area contributed by atoms with Crippen LogP contribution in [0.1, 0.15) is 44.3 Å². The van der Waals surface area contributed by atoms with E-state index in [1.165, 1.54) is 18.2 Å². The number of amides is 3. The first-order chi connectivity index (χ1) is 13.0. The largest absolute Gasteiger partial charge is 0.325 e. The minimum absolute atomic E-state index is 0.146. The standard InChI is InChI=1S/C21H21N3O3/c1-23(18-10-7-13-5-3-4-6-15(13)18)12-19(25)22-14-8-9-16-17(11-14)21(27)24(2)20(16)26/h3-6,8-9,11,18H,7,10,12H2,1-2H3,(H,22,25)/t18-/m0/s1. The minimum atomic E-state index is -0.342. The molecule has 6 nitrogen and oxygen atoms in total. The zero-order chi connectivity index (χ0) is 19.1. The van der Waals surface area contributed by atoms with Gasteiger partial charge in [-0.3, -0.25) is 24.2 Å². The molecule has 0 saturated carbocycles. The Morgan fingerprint density at radius 2 is 1.89 bits per heavy atom. The Hall–Kier alpha value is -2.99. The summed E-state index contributed by atoms with van der Waals surface area (Å²) in [6.45, 7) is 0.253. The van der Waals surface area contributed by atoms with E-state index in [-0.39, 0.29) is 30.3 Å². The summed E-state index contributed by atoms with van der Waals surface area (Å²) in [5.41, 5.74) is 3.87. The van der Waals surface area contributed by atoms with Gasteiger partial charge in [-0.05, 0) is 49.2 Å². The molecule has 0 bridgehead atoms. The van der Waals surface area contributed by atoms with Crippen LogP contribution in [0.2, 0.25) is 0 Å². The Labute approximate surface area is 157 Å². The molecule has 2 aromatic carbocycles. The number of nitrogens with zero attached hydrogens (tertiary/aromatic N) is 2. The molecule has 1 heterocycles. The van der Waals surface area contributed by atoms with Crippen molar-refractivity contribution in [1.29, 1.82) is 0 Å². The Morgan fingerprint density at radius 1 is 1.15 bits per heavy atom. The van der Waals surface area contributed by atoms with Gasteiger partial charge in [0.15, 0.2) is 0 Å². The predicted octanol–water partition coefficient (Wildman–Crippen LogP) is 2.47. The number of carbonyl (C=O) groups is 3. The molecule has 3 amide bonds. The van der Waals surface area contributed by atoms with E-state index in [4.69, 9.17) is 0 Å². The molecule has 0 unspecified atom stereocenters. The molecule has 2 aromatic rings. The van der Waals surface area contributed by atoms with Crippen LogP contribution in [0.5, 0.6) is 0 Å². The number of benzene rings is 2. The van der Waals surface area contributed by atoms with Gasteiger partial charge in [0, 0.05) is 18.8 Å². The average Bonchev–Trinajstić information content (AvgIpc) is 3.18. The Bertz CT molecular complexity index is 953. The Kier molecular flexibility index (Phi) is 4.28. The molecule has 1 aliphatic carbocycles. The molecule has 2 aliphatic rings. The number of hydrogen-bond donors (Lipinski definition) is 1. The number of hydrogen-bond acceptors (Lipinski definition) is 4. The summed E-state index contributed by atoms with van der Waals surface area (Å²) >= 11 is 0. The lowest BCUT2D eigenvalue weighted by Crippen LogP contribution is -2.32. The van der Waals surface area contributed by atoms with Gasteiger partial charge >= 0.3 is 0 Å². The molecule has 0 radical (unpaired) electrons. The van der Waals surface area contributed by atoms with Gasteiger partial charge in [-0.1, -0.05) is 24.3 Å². The van der Waals surface area contributed by atoms with Crippen molar-refractivity contribution in [3.8, 4) is 0 Å². The molecule has 1 N–H and O–H groups in total. The number of carbonyl (C=O) groups excluding carboxylic acids is 3. The molecule has 27 heavy (non-hydrogen) atoms. The van der Waals surface area contributed by atoms with Crippen LogP contribution in [0.4, 0.5) is 5.69 Å². The van der Waals surface area contributed by atoms with E-state index in [1.54, 1.807) is 18.2 Å². The number of imide groups is 1. The second-order valence-corrected chi connectivity index (χ2v) is 7.15. The highest BCUT2D eigenvalue weighted by molar-refractivity contribution is 6.21. The van der Waals surface area contributed by atoms with Gasteiger partial charge in [-0.25, -0.2) is 0 Å². The van der Waals surface area contributed by atoms with Gasteiger partial charge in [0.1, 0.15) is 0 Å². The molecule has 0 fully saturated rings. The van der Waals surface area contributed by atoms with E-state index in [0.717, 1.165) is 17.7 Å². The van der Waals surface area contributed by atoms with E-state index in [1.807, 2.05) is 19.2 Å². The van der Waals surface area contributed by atoms with Crippen molar-refractivity contribution in [3.63, 3.8) is 0 Å². The van der Waals surface area contributed by atoms with E-state index in [2.05, 4.69) is 22.3 Å². The van der Waals surface area contributed by atoms with Crippen molar-refractivity contribution in [2.75, 3.05) is 26.0 Å². The maximum absolute atomic E-state index is 12.5. The summed E-state index contributed by atoms with van der Waals surface area (Å²) in [5, 5.41) is 2.84. The van der Waals surface area contributed by atoms with Gasteiger partial charge < -0.3 is 5.32 Å². The Morgan fingerprint density at radius 3 is 2.70 bits per heavy atom. The molecule has 1 aliphatic heterocycles. The summed E-state index contributed by atoms with van der Waals surface area (Å²) in [6, 6.07) is 13.4. The second kappa shape index (κ2) is 6.63. The van der Waals surface area contributed by atoms with Crippen molar-refractivity contribution >= 4 is 23.4 Å². The molecule has 138 valence electrons. The topological polar surface area (TPSA) is 69.7 Å².